The van der Waals surface area contributed by atoms with Crippen molar-refractivity contribution < 1.29 is 9.53 Å². The number of anilines is 1. The summed E-state index contributed by atoms with van der Waals surface area (Å²) in [5, 5.41) is 3.81. The molecule has 0 bridgehead atoms. The Balaban J connectivity index is 2.28. The Morgan fingerprint density at radius 2 is 2.14 bits per heavy atom. The van der Waals surface area contributed by atoms with E-state index in [-0.39, 0.29) is 5.97 Å². The molecule has 112 valence electrons. The Labute approximate surface area is 128 Å². The van der Waals surface area contributed by atoms with Crippen molar-refractivity contribution in [1.29, 1.82) is 0 Å². The number of benzene rings is 1. The van der Waals surface area contributed by atoms with E-state index in [4.69, 9.17) is 16.3 Å². The van der Waals surface area contributed by atoms with E-state index in [9.17, 15) is 4.79 Å². The second kappa shape index (κ2) is 7.13. The molecule has 1 aromatic heterocycles. The van der Waals surface area contributed by atoms with E-state index in [1.54, 1.807) is 24.7 Å². The van der Waals surface area contributed by atoms with Gasteiger partial charge in [-0.05, 0) is 30.7 Å². The van der Waals surface area contributed by atoms with Gasteiger partial charge in [0.2, 0.25) is 0 Å². The Morgan fingerprint density at radius 3 is 2.76 bits per heavy atom. The maximum atomic E-state index is 12.1. The van der Waals surface area contributed by atoms with Crippen LogP contribution in [0.3, 0.4) is 0 Å². The van der Waals surface area contributed by atoms with E-state index < -0.39 is 6.04 Å². The molecule has 1 atom stereocenters. The maximum Gasteiger partial charge on any atom is 0.334 e. The predicted octanol–water partition coefficient (Wildman–Crippen LogP) is 3.27. The zero-order valence-corrected chi connectivity index (χ0v) is 12.8. The molecule has 0 saturated carbocycles. The lowest BCUT2D eigenvalue weighted by Crippen LogP contribution is -2.25. The number of hydrogen-bond acceptors (Lipinski definition) is 4. The number of imidazole rings is 1. The van der Waals surface area contributed by atoms with Gasteiger partial charge >= 0.3 is 5.97 Å². The number of aromatic nitrogens is 2. The predicted molar refractivity (Wildman–Crippen MR) is 82.3 cm³/mol. The van der Waals surface area contributed by atoms with E-state index in [1.807, 2.05) is 16.7 Å². The number of carbonyl (C=O) groups excluding carboxylic acids is 1. The molecular weight excluding hydrogens is 290 g/mol. The molecule has 0 fully saturated rings. The van der Waals surface area contributed by atoms with Gasteiger partial charge in [-0.25, -0.2) is 9.78 Å². The van der Waals surface area contributed by atoms with Crippen molar-refractivity contribution in [3.05, 3.63) is 47.5 Å². The van der Waals surface area contributed by atoms with Crippen LogP contribution in [0.4, 0.5) is 5.69 Å². The normalized spacial score (nSPS) is 12.0. The fraction of sp³-hybridized carbons (Fsp3) is 0.333. The van der Waals surface area contributed by atoms with Crippen molar-refractivity contribution in [3.8, 4) is 0 Å². The van der Waals surface area contributed by atoms with Crippen LogP contribution < -0.4 is 5.32 Å². The molecule has 6 heteroatoms. The third-order valence-electron chi connectivity index (χ3n) is 3.10. The molecule has 0 saturated heterocycles. The number of carbonyl (C=O) groups is 1. The topological polar surface area (TPSA) is 56.2 Å². The minimum absolute atomic E-state index is 0.359. The van der Waals surface area contributed by atoms with Crippen molar-refractivity contribution in [2.75, 3.05) is 12.4 Å². The molecule has 0 radical (unpaired) electrons. The highest BCUT2D eigenvalue weighted by Crippen LogP contribution is 2.22. The van der Waals surface area contributed by atoms with Gasteiger partial charge in [0.1, 0.15) is 0 Å². The lowest BCUT2D eigenvalue weighted by atomic mass is 10.2. The summed E-state index contributed by atoms with van der Waals surface area (Å²) in [4.78, 5) is 16.2. The summed E-state index contributed by atoms with van der Waals surface area (Å²) in [5.41, 5.74) is 1.57. The van der Waals surface area contributed by atoms with Gasteiger partial charge in [0.15, 0.2) is 6.04 Å². The molecule has 2 aromatic rings. The minimum Gasteiger partial charge on any atom is -0.467 e. The van der Waals surface area contributed by atoms with Crippen molar-refractivity contribution in [2.24, 2.45) is 0 Å². The summed E-state index contributed by atoms with van der Waals surface area (Å²) in [6.07, 6.45) is 4.36. The lowest BCUT2D eigenvalue weighted by molar-refractivity contribution is -0.141. The van der Waals surface area contributed by atoms with Gasteiger partial charge in [0.25, 0.3) is 0 Å². The number of halogens is 1. The van der Waals surface area contributed by atoms with E-state index in [0.717, 1.165) is 24.3 Å². The first kappa shape index (κ1) is 15.4. The smallest absolute Gasteiger partial charge is 0.334 e. The molecule has 0 amide bonds. The van der Waals surface area contributed by atoms with Crippen LogP contribution >= 0.6 is 11.6 Å². The standard InChI is InChI=1S/C15H18ClN3O2/c1-3-8-19-10-17-9-13(19)14(15(20)21-2)18-12-6-4-11(16)5-7-12/h4-7,9-10,14,18H,3,8H2,1-2H3. The van der Waals surface area contributed by atoms with Gasteiger partial charge in [0.05, 0.1) is 25.3 Å². The highest BCUT2D eigenvalue weighted by atomic mass is 35.5. The zero-order valence-electron chi connectivity index (χ0n) is 12.0. The number of nitrogens with one attached hydrogen (secondary N) is 1. The molecular formula is C15H18ClN3O2. The number of esters is 1. The van der Waals surface area contributed by atoms with Crippen LogP contribution in [0, 0.1) is 0 Å². The van der Waals surface area contributed by atoms with Crippen LogP contribution in [-0.2, 0) is 16.1 Å². The third-order valence-corrected chi connectivity index (χ3v) is 3.35. The van der Waals surface area contributed by atoms with Gasteiger partial charge in [-0.2, -0.15) is 0 Å². The average molecular weight is 308 g/mol. The summed E-state index contributed by atoms with van der Waals surface area (Å²) in [5.74, 6) is -0.359. The van der Waals surface area contributed by atoms with Crippen LogP contribution in [0.1, 0.15) is 25.1 Å². The van der Waals surface area contributed by atoms with Gasteiger partial charge in [-0.15, -0.1) is 0 Å². The summed E-state index contributed by atoms with van der Waals surface area (Å²) in [6.45, 7) is 2.87. The van der Waals surface area contributed by atoms with Crippen LogP contribution in [0.15, 0.2) is 36.8 Å². The molecule has 1 unspecified atom stereocenters. The summed E-state index contributed by atoms with van der Waals surface area (Å²) >= 11 is 5.87. The first-order valence-corrected chi connectivity index (χ1v) is 7.13. The molecule has 0 aliphatic rings. The van der Waals surface area contributed by atoms with E-state index in [2.05, 4.69) is 17.2 Å². The first-order valence-electron chi connectivity index (χ1n) is 6.75. The third kappa shape index (κ3) is 3.76. The van der Waals surface area contributed by atoms with Crippen LogP contribution in [0.5, 0.6) is 0 Å². The lowest BCUT2D eigenvalue weighted by Gasteiger charge is -2.19. The summed E-state index contributed by atoms with van der Waals surface area (Å²) < 4.78 is 6.85. The zero-order chi connectivity index (χ0) is 15.2. The maximum absolute atomic E-state index is 12.1. The van der Waals surface area contributed by atoms with Gasteiger partial charge < -0.3 is 14.6 Å². The first-order chi connectivity index (χ1) is 10.2. The second-order valence-electron chi connectivity index (χ2n) is 4.62. The summed E-state index contributed by atoms with van der Waals surface area (Å²) in [6, 6.07) is 6.56. The van der Waals surface area contributed by atoms with Crippen LogP contribution in [0.2, 0.25) is 5.02 Å². The highest BCUT2D eigenvalue weighted by Gasteiger charge is 2.24. The fourth-order valence-electron chi connectivity index (χ4n) is 2.08. The molecule has 0 aliphatic heterocycles. The van der Waals surface area contributed by atoms with E-state index >= 15 is 0 Å². The minimum atomic E-state index is -0.606. The molecule has 2 rings (SSSR count). The number of nitrogens with zero attached hydrogens (tertiary/aromatic N) is 2. The Hall–Kier alpha value is -2.01. The van der Waals surface area contributed by atoms with Crippen molar-refractivity contribution in [3.63, 3.8) is 0 Å². The van der Waals surface area contributed by atoms with Crippen molar-refractivity contribution in [2.45, 2.75) is 25.9 Å². The second-order valence-corrected chi connectivity index (χ2v) is 5.06. The number of rotatable bonds is 6. The van der Waals surface area contributed by atoms with E-state index in [1.165, 1.54) is 7.11 Å². The van der Waals surface area contributed by atoms with Gasteiger partial charge in [0, 0.05) is 17.3 Å². The number of methoxy groups -OCH3 is 1. The van der Waals surface area contributed by atoms with Gasteiger partial charge in [-0.3, -0.25) is 0 Å². The highest BCUT2D eigenvalue weighted by molar-refractivity contribution is 6.30. The number of hydrogen-bond donors (Lipinski definition) is 1. The monoisotopic (exact) mass is 307 g/mol. The number of aryl methyl sites for hydroxylation is 1. The Bertz CT molecular complexity index is 595. The van der Waals surface area contributed by atoms with Crippen molar-refractivity contribution in [1.82, 2.24) is 9.55 Å². The van der Waals surface area contributed by atoms with Gasteiger partial charge in [-0.1, -0.05) is 18.5 Å². The Morgan fingerprint density at radius 1 is 1.43 bits per heavy atom. The van der Waals surface area contributed by atoms with Crippen molar-refractivity contribution >= 4 is 23.3 Å². The molecule has 0 aliphatic carbocycles. The quantitative estimate of drug-likeness (QED) is 0.832. The molecule has 1 N–H and O–H groups in total. The average Bonchev–Trinajstić information content (AvgIpc) is 2.94. The molecule has 1 aromatic carbocycles. The van der Waals surface area contributed by atoms with Crippen LogP contribution in [0.25, 0.3) is 0 Å². The largest absolute Gasteiger partial charge is 0.467 e. The SMILES string of the molecule is CCCn1cncc1C(Nc1ccc(Cl)cc1)C(=O)OC. The molecule has 21 heavy (non-hydrogen) atoms. The molecule has 0 spiro atoms. The summed E-state index contributed by atoms with van der Waals surface area (Å²) in [7, 11) is 1.37. The molecule has 1 heterocycles. The fourth-order valence-corrected chi connectivity index (χ4v) is 2.21. The Kier molecular flexibility index (Phi) is 5.22. The molecule has 5 nitrogen and oxygen atoms in total. The van der Waals surface area contributed by atoms with Crippen LogP contribution in [-0.4, -0.2) is 22.6 Å². The number of ether oxygens (including phenoxy) is 1. The van der Waals surface area contributed by atoms with E-state index in [0.29, 0.717) is 5.02 Å².